The number of hydrogen-bond acceptors (Lipinski definition) is 6. The Morgan fingerprint density at radius 2 is 1.84 bits per heavy atom. The molecule has 2 aliphatic heterocycles. The molecule has 5 rings (SSSR count). The van der Waals surface area contributed by atoms with Gasteiger partial charge in [0.1, 0.15) is 0 Å². The number of amides is 3. The van der Waals surface area contributed by atoms with E-state index in [1.165, 1.54) is 11.3 Å². The fourth-order valence-electron chi connectivity index (χ4n) is 3.78. The first-order valence-electron chi connectivity index (χ1n) is 10.0. The molecule has 0 atom stereocenters. The van der Waals surface area contributed by atoms with Gasteiger partial charge in [0.2, 0.25) is 18.6 Å². The minimum atomic E-state index is -0.433. The Morgan fingerprint density at radius 1 is 1.10 bits per heavy atom. The molecule has 1 fully saturated rings. The SMILES string of the molecule is CCCn1c(=NC(=O)c2cccc(N3C(=O)CCC3=O)c2)sc2cc3c(cc21)OCO3. The van der Waals surface area contributed by atoms with Crippen LogP contribution in [0.15, 0.2) is 41.4 Å². The van der Waals surface area contributed by atoms with Crippen LogP contribution in [-0.2, 0) is 16.1 Å². The average Bonchev–Trinajstić information content (AvgIpc) is 3.44. The van der Waals surface area contributed by atoms with Gasteiger partial charge in [-0.2, -0.15) is 4.99 Å². The number of ether oxygens (including phenoxy) is 2. The minimum absolute atomic E-state index is 0.192. The number of benzene rings is 2. The Labute approximate surface area is 181 Å². The van der Waals surface area contributed by atoms with Gasteiger partial charge in [0.15, 0.2) is 16.3 Å². The number of hydrogen-bond donors (Lipinski definition) is 0. The summed E-state index contributed by atoms with van der Waals surface area (Å²) >= 11 is 1.40. The summed E-state index contributed by atoms with van der Waals surface area (Å²) in [6.45, 7) is 2.96. The molecule has 0 N–H and O–H groups in total. The molecular formula is C22H19N3O5S. The van der Waals surface area contributed by atoms with Crippen molar-refractivity contribution in [2.45, 2.75) is 32.7 Å². The third-order valence-corrected chi connectivity index (χ3v) is 6.27. The largest absolute Gasteiger partial charge is 0.454 e. The highest BCUT2D eigenvalue weighted by Crippen LogP contribution is 2.37. The zero-order valence-corrected chi connectivity index (χ0v) is 17.6. The number of fused-ring (bicyclic) bond motifs is 2. The molecular weight excluding hydrogens is 418 g/mol. The van der Waals surface area contributed by atoms with E-state index in [4.69, 9.17) is 9.47 Å². The number of aryl methyl sites for hydroxylation is 1. The van der Waals surface area contributed by atoms with Crippen molar-refractivity contribution in [1.29, 1.82) is 0 Å². The molecule has 1 aromatic heterocycles. The summed E-state index contributed by atoms with van der Waals surface area (Å²) in [4.78, 5) is 43.1. The topological polar surface area (TPSA) is 90.2 Å². The first-order valence-corrected chi connectivity index (χ1v) is 10.8. The van der Waals surface area contributed by atoms with Crippen molar-refractivity contribution < 1.29 is 23.9 Å². The highest BCUT2D eigenvalue weighted by Gasteiger charge is 2.30. The summed E-state index contributed by atoms with van der Waals surface area (Å²) in [5, 5.41) is 0. The molecule has 0 aliphatic carbocycles. The maximum atomic E-state index is 13.0. The van der Waals surface area contributed by atoms with E-state index in [-0.39, 0.29) is 31.4 Å². The summed E-state index contributed by atoms with van der Waals surface area (Å²) < 4.78 is 13.9. The molecule has 1 saturated heterocycles. The highest BCUT2D eigenvalue weighted by atomic mass is 32.1. The van der Waals surface area contributed by atoms with Gasteiger partial charge in [-0.05, 0) is 24.6 Å². The van der Waals surface area contributed by atoms with Crippen LogP contribution in [0.2, 0.25) is 0 Å². The Bertz CT molecular complexity index is 1290. The van der Waals surface area contributed by atoms with E-state index in [1.54, 1.807) is 24.3 Å². The van der Waals surface area contributed by atoms with Crippen LogP contribution in [0.25, 0.3) is 10.2 Å². The van der Waals surface area contributed by atoms with Gasteiger partial charge in [-0.1, -0.05) is 24.3 Å². The fourth-order valence-corrected chi connectivity index (χ4v) is 4.84. The zero-order valence-electron chi connectivity index (χ0n) is 16.8. The van der Waals surface area contributed by atoms with E-state index < -0.39 is 5.91 Å². The lowest BCUT2D eigenvalue weighted by Gasteiger charge is -2.14. The van der Waals surface area contributed by atoms with Gasteiger partial charge >= 0.3 is 0 Å². The molecule has 3 aromatic rings. The average molecular weight is 437 g/mol. The van der Waals surface area contributed by atoms with Crippen molar-refractivity contribution in [2.75, 3.05) is 11.7 Å². The van der Waals surface area contributed by atoms with Gasteiger partial charge in [0.05, 0.1) is 15.9 Å². The number of aromatic nitrogens is 1. The number of carbonyl (C=O) groups excluding carboxylic acids is 3. The Morgan fingerprint density at radius 3 is 2.58 bits per heavy atom. The Hall–Kier alpha value is -3.46. The van der Waals surface area contributed by atoms with Crippen LogP contribution in [0.5, 0.6) is 11.5 Å². The van der Waals surface area contributed by atoms with Crippen LogP contribution < -0.4 is 19.2 Å². The van der Waals surface area contributed by atoms with Crippen LogP contribution >= 0.6 is 11.3 Å². The first-order chi connectivity index (χ1) is 15.0. The van der Waals surface area contributed by atoms with Crippen LogP contribution in [-0.4, -0.2) is 29.1 Å². The summed E-state index contributed by atoms with van der Waals surface area (Å²) in [7, 11) is 0. The van der Waals surface area contributed by atoms with Crippen LogP contribution in [0, 0.1) is 0 Å². The second-order valence-electron chi connectivity index (χ2n) is 7.30. The molecule has 2 aromatic carbocycles. The molecule has 0 spiro atoms. The van der Waals surface area contributed by atoms with Crippen molar-refractivity contribution in [3.8, 4) is 11.5 Å². The molecule has 8 nitrogen and oxygen atoms in total. The molecule has 158 valence electrons. The lowest BCUT2D eigenvalue weighted by molar-refractivity contribution is -0.121. The summed E-state index contributed by atoms with van der Waals surface area (Å²) in [5.41, 5.74) is 1.65. The number of carbonyl (C=O) groups is 3. The molecule has 0 unspecified atom stereocenters. The predicted molar refractivity (Wildman–Crippen MR) is 114 cm³/mol. The van der Waals surface area contributed by atoms with E-state index in [0.717, 1.165) is 21.5 Å². The van der Waals surface area contributed by atoms with Gasteiger partial charge in [-0.3, -0.25) is 19.3 Å². The summed E-state index contributed by atoms with van der Waals surface area (Å²) in [5.74, 6) is 0.421. The van der Waals surface area contributed by atoms with Gasteiger partial charge in [-0.25, -0.2) is 0 Å². The lowest BCUT2D eigenvalue weighted by atomic mass is 10.2. The summed E-state index contributed by atoms with van der Waals surface area (Å²) in [6.07, 6.45) is 1.26. The van der Waals surface area contributed by atoms with E-state index in [2.05, 4.69) is 11.9 Å². The molecule has 0 radical (unpaired) electrons. The maximum absolute atomic E-state index is 13.0. The van der Waals surface area contributed by atoms with Crippen molar-refractivity contribution in [3.63, 3.8) is 0 Å². The second kappa shape index (κ2) is 7.66. The standard InChI is InChI=1S/C22H19N3O5S/c1-2-8-24-15-10-16-17(30-12-29-16)11-18(15)31-22(24)23-21(28)13-4-3-5-14(9-13)25-19(26)6-7-20(25)27/h3-5,9-11H,2,6-8,12H2,1H3. The second-order valence-corrected chi connectivity index (χ2v) is 8.31. The van der Waals surface area contributed by atoms with Crippen LogP contribution in [0.3, 0.4) is 0 Å². The number of imide groups is 1. The fraction of sp³-hybridized carbons (Fsp3) is 0.273. The van der Waals surface area contributed by atoms with E-state index in [1.807, 2.05) is 16.7 Å². The maximum Gasteiger partial charge on any atom is 0.279 e. The van der Waals surface area contributed by atoms with Crippen molar-refractivity contribution in [2.24, 2.45) is 4.99 Å². The monoisotopic (exact) mass is 437 g/mol. The molecule has 0 bridgehead atoms. The van der Waals surface area contributed by atoms with Crippen LogP contribution in [0.4, 0.5) is 5.69 Å². The van der Waals surface area contributed by atoms with Gasteiger partial charge in [0, 0.05) is 37.1 Å². The van der Waals surface area contributed by atoms with E-state index in [0.29, 0.717) is 34.1 Å². The van der Waals surface area contributed by atoms with Gasteiger partial charge in [0.25, 0.3) is 5.91 Å². The smallest absolute Gasteiger partial charge is 0.279 e. The van der Waals surface area contributed by atoms with Gasteiger partial charge in [-0.15, -0.1) is 0 Å². The van der Waals surface area contributed by atoms with Crippen molar-refractivity contribution in [3.05, 3.63) is 46.8 Å². The predicted octanol–water partition coefficient (Wildman–Crippen LogP) is 3.24. The normalized spacial score (nSPS) is 16.0. The first kappa shape index (κ1) is 19.5. The molecule has 0 saturated carbocycles. The van der Waals surface area contributed by atoms with Crippen molar-refractivity contribution >= 4 is 45.0 Å². The number of anilines is 1. The molecule has 9 heteroatoms. The highest BCUT2D eigenvalue weighted by molar-refractivity contribution is 7.16. The van der Waals surface area contributed by atoms with Gasteiger partial charge < -0.3 is 14.0 Å². The van der Waals surface area contributed by atoms with E-state index in [9.17, 15) is 14.4 Å². The summed E-state index contributed by atoms with van der Waals surface area (Å²) in [6, 6.07) is 10.3. The molecule has 3 amide bonds. The Kier molecular flexibility index (Phi) is 4.82. The quantitative estimate of drug-likeness (QED) is 0.585. The molecule has 3 heterocycles. The molecule has 31 heavy (non-hydrogen) atoms. The number of nitrogens with zero attached hydrogens (tertiary/aromatic N) is 3. The van der Waals surface area contributed by atoms with Crippen LogP contribution in [0.1, 0.15) is 36.5 Å². The third-order valence-electron chi connectivity index (χ3n) is 5.22. The number of rotatable bonds is 4. The minimum Gasteiger partial charge on any atom is -0.454 e. The molecule has 2 aliphatic rings. The van der Waals surface area contributed by atoms with E-state index >= 15 is 0 Å². The number of thiazole rings is 1. The van der Waals surface area contributed by atoms with Crippen molar-refractivity contribution in [1.82, 2.24) is 4.57 Å². The lowest BCUT2D eigenvalue weighted by Crippen LogP contribution is -2.28. The Balaban J connectivity index is 1.55. The zero-order chi connectivity index (χ0) is 21.5. The third kappa shape index (κ3) is 3.40.